The van der Waals surface area contributed by atoms with Gasteiger partial charge in [0.1, 0.15) is 5.69 Å². The van der Waals surface area contributed by atoms with Gasteiger partial charge in [0, 0.05) is 29.6 Å². The van der Waals surface area contributed by atoms with Crippen LogP contribution >= 0.6 is 0 Å². The van der Waals surface area contributed by atoms with Gasteiger partial charge in [0.2, 0.25) is 5.69 Å². The molecule has 1 heterocycles. The van der Waals surface area contributed by atoms with Crippen LogP contribution in [0.5, 0.6) is 0 Å². The lowest BCUT2D eigenvalue weighted by molar-refractivity contribution is 0.0687. The summed E-state index contributed by atoms with van der Waals surface area (Å²) in [5.41, 5.74) is 3.20. The van der Waals surface area contributed by atoms with Crippen molar-refractivity contribution in [1.82, 2.24) is 4.57 Å². The number of carbonyl (C=O) groups is 2. The van der Waals surface area contributed by atoms with Crippen molar-refractivity contribution >= 4 is 23.3 Å². The first-order valence-corrected chi connectivity index (χ1v) is 8.77. The Balaban J connectivity index is 1.99. The first-order valence-electron chi connectivity index (χ1n) is 8.77. The molecule has 1 amide bonds. The Morgan fingerprint density at radius 2 is 1.75 bits per heavy atom. The predicted octanol–water partition coefficient (Wildman–Crippen LogP) is 4.76. The fraction of sp³-hybridized carbons (Fsp3) is 0.136. The summed E-state index contributed by atoms with van der Waals surface area (Å²) in [6.45, 7) is 9.40. The average molecular weight is 373 g/mol. The van der Waals surface area contributed by atoms with E-state index in [1.165, 1.54) is 0 Å². The quantitative estimate of drug-likeness (QED) is 0.633. The van der Waals surface area contributed by atoms with E-state index in [2.05, 4.69) is 10.2 Å². The molecule has 0 spiro atoms. The van der Waals surface area contributed by atoms with E-state index in [9.17, 15) is 14.7 Å². The number of aromatic nitrogens is 1. The van der Waals surface area contributed by atoms with Crippen molar-refractivity contribution in [3.63, 3.8) is 0 Å². The van der Waals surface area contributed by atoms with E-state index in [4.69, 9.17) is 6.57 Å². The predicted molar refractivity (Wildman–Crippen MR) is 108 cm³/mol. The Kier molecular flexibility index (Phi) is 5.28. The molecule has 28 heavy (non-hydrogen) atoms. The Morgan fingerprint density at radius 1 is 1.11 bits per heavy atom. The van der Waals surface area contributed by atoms with Crippen molar-refractivity contribution in [2.24, 2.45) is 7.05 Å². The standard InChI is InChI=1S/C22H19N3O3/c1-4-17-19(23-2)18(20(22(27)28)25(17)3)14-10-12-15(13-11-14)21(26)24-16-8-6-5-7-9-16/h5-13H,4H2,1,3H3,(H,24,26)(H,27,28). The van der Waals surface area contributed by atoms with Crippen LogP contribution in [0.2, 0.25) is 0 Å². The Bertz CT molecular complexity index is 1070. The third-order valence-electron chi connectivity index (χ3n) is 4.60. The minimum absolute atomic E-state index is 0.0735. The lowest BCUT2D eigenvalue weighted by atomic mass is 10.0. The van der Waals surface area contributed by atoms with Crippen molar-refractivity contribution < 1.29 is 14.7 Å². The summed E-state index contributed by atoms with van der Waals surface area (Å²) in [5, 5.41) is 12.5. The van der Waals surface area contributed by atoms with Gasteiger partial charge in [-0.05, 0) is 36.2 Å². The molecule has 0 unspecified atom stereocenters. The van der Waals surface area contributed by atoms with Crippen LogP contribution in [0.15, 0.2) is 54.6 Å². The smallest absolute Gasteiger partial charge is 0.351 e. The molecule has 0 saturated heterocycles. The monoisotopic (exact) mass is 373 g/mol. The van der Waals surface area contributed by atoms with Gasteiger partial charge >= 0.3 is 5.97 Å². The van der Waals surface area contributed by atoms with E-state index in [0.717, 1.165) is 0 Å². The van der Waals surface area contributed by atoms with Crippen molar-refractivity contribution in [3.8, 4) is 11.1 Å². The average Bonchev–Trinajstić information content (AvgIpc) is 3.00. The number of benzene rings is 2. The van der Waals surface area contributed by atoms with Crippen LogP contribution in [0.4, 0.5) is 11.4 Å². The molecular weight excluding hydrogens is 354 g/mol. The second-order valence-electron chi connectivity index (χ2n) is 6.25. The maximum Gasteiger partial charge on any atom is 0.351 e. The number of hydrogen-bond acceptors (Lipinski definition) is 2. The fourth-order valence-electron chi connectivity index (χ4n) is 3.28. The van der Waals surface area contributed by atoms with Crippen LogP contribution in [0.25, 0.3) is 16.0 Å². The second-order valence-corrected chi connectivity index (χ2v) is 6.25. The van der Waals surface area contributed by atoms with Gasteiger partial charge in [-0.3, -0.25) is 4.79 Å². The molecule has 3 aromatic rings. The van der Waals surface area contributed by atoms with Gasteiger partial charge in [-0.1, -0.05) is 37.3 Å². The summed E-state index contributed by atoms with van der Waals surface area (Å²) in [4.78, 5) is 27.8. The van der Waals surface area contributed by atoms with E-state index in [0.29, 0.717) is 40.2 Å². The molecule has 1 aromatic heterocycles. The van der Waals surface area contributed by atoms with E-state index in [1.54, 1.807) is 48.0 Å². The summed E-state index contributed by atoms with van der Waals surface area (Å²) in [7, 11) is 1.65. The maximum atomic E-state index is 12.4. The number of anilines is 1. The zero-order chi connectivity index (χ0) is 20.3. The molecule has 140 valence electrons. The number of hydrogen-bond donors (Lipinski definition) is 2. The Hall–Kier alpha value is -3.85. The van der Waals surface area contributed by atoms with Gasteiger partial charge < -0.3 is 15.0 Å². The van der Waals surface area contributed by atoms with Crippen molar-refractivity contribution in [3.05, 3.63) is 83.0 Å². The molecule has 0 atom stereocenters. The largest absolute Gasteiger partial charge is 0.477 e. The third-order valence-corrected chi connectivity index (χ3v) is 4.60. The van der Waals surface area contributed by atoms with Gasteiger partial charge in [0.05, 0.1) is 6.57 Å². The highest BCUT2D eigenvalue weighted by Gasteiger charge is 2.25. The van der Waals surface area contributed by atoms with Crippen molar-refractivity contribution in [2.45, 2.75) is 13.3 Å². The highest BCUT2D eigenvalue weighted by molar-refractivity contribution is 6.05. The number of carbonyl (C=O) groups excluding carboxylic acids is 1. The van der Waals surface area contributed by atoms with Gasteiger partial charge in [-0.15, -0.1) is 0 Å². The summed E-state index contributed by atoms with van der Waals surface area (Å²) in [6.07, 6.45) is 0.548. The summed E-state index contributed by atoms with van der Waals surface area (Å²) < 4.78 is 1.56. The van der Waals surface area contributed by atoms with Crippen LogP contribution in [0.3, 0.4) is 0 Å². The van der Waals surface area contributed by atoms with E-state index < -0.39 is 5.97 Å². The first kappa shape index (κ1) is 18.9. The van der Waals surface area contributed by atoms with Crippen LogP contribution in [-0.2, 0) is 13.5 Å². The number of nitrogens with one attached hydrogen (secondary N) is 1. The molecule has 0 aliphatic carbocycles. The van der Waals surface area contributed by atoms with E-state index >= 15 is 0 Å². The molecule has 0 fully saturated rings. The van der Waals surface area contributed by atoms with Crippen LogP contribution in [0.1, 0.15) is 33.5 Å². The molecule has 0 aliphatic rings. The molecule has 0 radical (unpaired) electrons. The molecule has 0 saturated carbocycles. The van der Waals surface area contributed by atoms with Crippen LogP contribution in [0, 0.1) is 6.57 Å². The van der Waals surface area contributed by atoms with Gasteiger partial charge in [-0.2, -0.15) is 0 Å². The second kappa shape index (κ2) is 7.80. The highest BCUT2D eigenvalue weighted by atomic mass is 16.4. The first-order chi connectivity index (χ1) is 13.5. The van der Waals surface area contributed by atoms with Crippen molar-refractivity contribution in [2.75, 3.05) is 5.32 Å². The van der Waals surface area contributed by atoms with E-state index in [-0.39, 0.29) is 11.6 Å². The number of rotatable bonds is 5. The van der Waals surface area contributed by atoms with E-state index in [1.807, 2.05) is 25.1 Å². The SMILES string of the molecule is [C-]#[N+]c1c(-c2ccc(C(=O)Nc3ccccc3)cc2)c(C(=O)O)n(C)c1CC. The topological polar surface area (TPSA) is 75.7 Å². The lowest BCUT2D eigenvalue weighted by Gasteiger charge is -2.07. The zero-order valence-corrected chi connectivity index (χ0v) is 15.6. The number of nitrogens with zero attached hydrogens (tertiary/aromatic N) is 2. The maximum absolute atomic E-state index is 12.4. The highest BCUT2D eigenvalue weighted by Crippen LogP contribution is 2.39. The summed E-state index contributed by atoms with van der Waals surface area (Å²) in [6, 6.07) is 15.7. The third kappa shape index (κ3) is 3.38. The molecule has 2 aromatic carbocycles. The van der Waals surface area contributed by atoms with Crippen LogP contribution < -0.4 is 5.32 Å². The summed E-state index contributed by atoms with van der Waals surface area (Å²) in [5.74, 6) is -1.35. The van der Waals surface area contributed by atoms with Gasteiger partial charge in [0.25, 0.3) is 5.91 Å². The molecular formula is C22H19N3O3. The van der Waals surface area contributed by atoms with Crippen molar-refractivity contribution in [1.29, 1.82) is 0 Å². The number of amides is 1. The molecule has 2 N–H and O–H groups in total. The Morgan fingerprint density at radius 3 is 2.29 bits per heavy atom. The molecule has 6 heteroatoms. The minimum atomic E-state index is -1.09. The number of para-hydroxylation sites is 1. The normalized spacial score (nSPS) is 10.3. The molecule has 3 rings (SSSR count). The van der Waals surface area contributed by atoms with Gasteiger partial charge in [-0.25, -0.2) is 9.64 Å². The molecule has 0 bridgehead atoms. The molecule has 6 nitrogen and oxygen atoms in total. The van der Waals surface area contributed by atoms with Gasteiger partial charge in [0.15, 0.2) is 0 Å². The minimum Gasteiger partial charge on any atom is -0.477 e. The number of carboxylic acid groups (broad SMARTS) is 1. The fourth-order valence-corrected chi connectivity index (χ4v) is 3.28. The summed E-state index contributed by atoms with van der Waals surface area (Å²) >= 11 is 0. The Labute approximate surface area is 162 Å². The number of aromatic carboxylic acids is 1. The zero-order valence-electron chi connectivity index (χ0n) is 15.6. The van der Waals surface area contributed by atoms with Crippen LogP contribution in [-0.4, -0.2) is 21.6 Å². The molecule has 0 aliphatic heterocycles. The lowest BCUT2D eigenvalue weighted by Crippen LogP contribution is -2.11. The number of carboxylic acids is 1.